The standard InChI is InChI=1S/C15H29NO/c1-14(2)9-6-7-11-17-12-8-10-16-13-15(3,4)5/h14,16H,7-8,10-13H2,1-5H3. The summed E-state index contributed by atoms with van der Waals surface area (Å²) in [5.41, 5.74) is 0.368. The van der Waals surface area contributed by atoms with Crippen LogP contribution in [0.15, 0.2) is 0 Å². The molecule has 0 radical (unpaired) electrons. The summed E-state index contributed by atoms with van der Waals surface area (Å²) >= 11 is 0. The van der Waals surface area contributed by atoms with Crippen LogP contribution in [0.2, 0.25) is 0 Å². The fraction of sp³-hybridized carbons (Fsp3) is 0.867. The van der Waals surface area contributed by atoms with Crippen LogP contribution in [0.25, 0.3) is 0 Å². The Morgan fingerprint density at radius 3 is 2.47 bits per heavy atom. The van der Waals surface area contributed by atoms with Gasteiger partial charge in [0.15, 0.2) is 0 Å². The minimum Gasteiger partial charge on any atom is -0.380 e. The van der Waals surface area contributed by atoms with Gasteiger partial charge in [-0.15, -0.1) is 11.8 Å². The minimum atomic E-state index is 0.368. The second-order valence-electron chi connectivity index (χ2n) is 5.93. The zero-order chi connectivity index (χ0) is 13.1. The molecule has 1 N–H and O–H groups in total. The maximum atomic E-state index is 5.51. The quantitative estimate of drug-likeness (QED) is 0.544. The van der Waals surface area contributed by atoms with Crippen molar-refractivity contribution in [3.8, 4) is 11.8 Å². The normalized spacial score (nSPS) is 11.4. The molecular formula is C15H29NO. The SMILES string of the molecule is CC(C)C#CCCOCCCNCC(C)(C)C. The molecule has 100 valence electrons. The van der Waals surface area contributed by atoms with Gasteiger partial charge in [0, 0.05) is 18.9 Å². The van der Waals surface area contributed by atoms with Crippen LogP contribution in [0.5, 0.6) is 0 Å². The fourth-order valence-electron chi connectivity index (χ4n) is 1.26. The van der Waals surface area contributed by atoms with Gasteiger partial charge in [-0.1, -0.05) is 34.6 Å². The molecule has 0 rings (SSSR count). The molecule has 0 aromatic carbocycles. The van der Waals surface area contributed by atoms with Gasteiger partial charge in [0.1, 0.15) is 0 Å². The molecule has 2 heteroatoms. The second-order valence-corrected chi connectivity index (χ2v) is 5.93. The Morgan fingerprint density at radius 1 is 1.18 bits per heavy atom. The zero-order valence-corrected chi connectivity index (χ0v) is 12.2. The zero-order valence-electron chi connectivity index (χ0n) is 12.2. The highest BCUT2D eigenvalue weighted by atomic mass is 16.5. The van der Waals surface area contributed by atoms with E-state index in [0.29, 0.717) is 11.3 Å². The monoisotopic (exact) mass is 239 g/mol. The third-order valence-corrected chi connectivity index (χ3v) is 2.06. The van der Waals surface area contributed by atoms with Gasteiger partial charge in [-0.2, -0.15) is 0 Å². The fourth-order valence-corrected chi connectivity index (χ4v) is 1.26. The summed E-state index contributed by atoms with van der Waals surface area (Å²) in [6.45, 7) is 14.6. The highest BCUT2D eigenvalue weighted by molar-refractivity contribution is 5.00. The first kappa shape index (κ1) is 16.5. The smallest absolute Gasteiger partial charge is 0.0575 e. The summed E-state index contributed by atoms with van der Waals surface area (Å²) in [5, 5.41) is 3.43. The molecule has 2 nitrogen and oxygen atoms in total. The van der Waals surface area contributed by atoms with E-state index in [9.17, 15) is 0 Å². The highest BCUT2D eigenvalue weighted by Gasteiger charge is 2.07. The van der Waals surface area contributed by atoms with Crippen molar-refractivity contribution in [2.75, 3.05) is 26.3 Å². The number of hydrogen-bond donors (Lipinski definition) is 1. The van der Waals surface area contributed by atoms with Crippen molar-refractivity contribution < 1.29 is 4.74 Å². The number of hydrogen-bond acceptors (Lipinski definition) is 2. The molecule has 17 heavy (non-hydrogen) atoms. The molecule has 0 amide bonds. The summed E-state index contributed by atoms with van der Waals surface area (Å²) in [5.74, 6) is 6.72. The second kappa shape index (κ2) is 9.50. The van der Waals surface area contributed by atoms with Gasteiger partial charge in [0.2, 0.25) is 0 Å². The average Bonchev–Trinajstić information content (AvgIpc) is 2.18. The Hall–Kier alpha value is -0.520. The van der Waals surface area contributed by atoms with Crippen LogP contribution in [0.4, 0.5) is 0 Å². The van der Waals surface area contributed by atoms with Crippen molar-refractivity contribution in [1.82, 2.24) is 5.32 Å². The van der Waals surface area contributed by atoms with E-state index in [1.165, 1.54) is 0 Å². The van der Waals surface area contributed by atoms with Crippen LogP contribution in [0.1, 0.15) is 47.5 Å². The molecular weight excluding hydrogens is 210 g/mol. The molecule has 0 saturated carbocycles. The van der Waals surface area contributed by atoms with Gasteiger partial charge >= 0.3 is 0 Å². The molecule has 0 spiro atoms. The maximum absolute atomic E-state index is 5.51. The average molecular weight is 239 g/mol. The molecule has 0 aliphatic rings. The van der Waals surface area contributed by atoms with E-state index in [1.807, 2.05) is 0 Å². The lowest BCUT2D eigenvalue weighted by molar-refractivity contribution is 0.136. The van der Waals surface area contributed by atoms with Gasteiger partial charge in [0.25, 0.3) is 0 Å². The molecule has 0 bridgehead atoms. The first-order valence-electron chi connectivity index (χ1n) is 6.68. The third-order valence-electron chi connectivity index (χ3n) is 2.06. The topological polar surface area (TPSA) is 21.3 Å². The minimum absolute atomic E-state index is 0.368. The Balaban J connectivity index is 3.18. The van der Waals surface area contributed by atoms with Crippen molar-refractivity contribution in [3.63, 3.8) is 0 Å². The van der Waals surface area contributed by atoms with Crippen LogP contribution in [-0.2, 0) is 4.74 Å². The van der Waals surface area contributed by atoms with Crippen molar-refractivity contribution in [3.05, 3.63) is 0 Å². The Bertz CT molecular complexity index is 230. The lowest BCUT2D eigenvalue weighted by Gasteiger charge is -2.18. The number of ether oxygens (including phenoxy) is 1. The summed E-state index contributed by atoms with van der Waals surface area (Å²) in [7, 11) is 0. The molecule has 0 atom stereocenters. The van der Waals surface area contributed by atoms with Crippen LogP contribution in [0, 0.1) is 23.2 Å². The molecule has 0 aromatic rings. The summed E-state index contributed by atoms with van der Waals surface area (Å²) in [6.07, 6.45) is 1.93. The Labute approximate surface area is 108 Å². The van der Waals surface area contributed by atoms with E-state index in [0.717, 1.165) is 39.1 Å². The highest BCUT2D eigenvalue weighted by Crippen LogP contribution is 2.09. The first-order chi connectivity index (χ1) is 7.92. The molecule has 0 aromatic heterocycles. The number of nitrogens with one attached hydrogen (secondary N) is 1. The summed E-state index contributed by atoms with van der Waals surface area (Å²) in [4.78, 5) is 0. The van der Waals surface area contributed by atoms with E-state index in [2.05, 4.69) is 51.8 Å². The molecule has 0 heterocycles. The van der Waals surface area contributed by atoms with E-state index in [4.69, 9.17) is 4.74 Å². The summed E-state index contributed by atoms with van der Waals surface area (Å²) < 4.78 is 5.51. The maximum Gasteiger partial charge on any atom is 0.0575 e. The van der Waals surface area contributed by atoms with E-state index in [-0.39, 0.29) is 0 Å². The molecule has 0 unspecified atom stereocenters. The van der Waals surface area contributed by atoms with Crippen LogP contribution in [-0.4, -0.2) is 26.3 Å². The van der Waals surface area contributed by atoms with Crippen molar-refractivity contribution in [2.45, 2.75) is 47.5 Å². The van der Waals surface area contributed by atoms with Gasteiger partial charge < -0.3 is 10.1 Å². The number of rotatable bonds is 7. The Kier molecular flexibility index (Phi) is 9.21. The van der Waals surface area contributed by atoms with E-state index < -0.39 is 0 Å². The predicted molar refractivity (Wildman–Crippen MR) is 75.0 cm³/mol. The van der Waals surface area contributed by atoms with E-state index >= 15 is 0 Å². The van der Waals surface area contributed by atoms with Crippen molar-refractivity contribution in [2.24, 2.45) is 11.3 Å². The lowest BCUT2D eigenvalue weighted by Crippen LogP contribution is -2.28. The third kappa shape index (κ3) is 15.5. The van der Waals surface area contributed by atoms with Crippen molar-refractivity contribution in [1.29, 1.82) is 0 Å². The first-order valence-corrected chi connectivity index (χ1v) is 6.68. The molecule has 0 aliphatic heterocycles. The summed E-state index contributed by atoms with van der Waals surface area (Å²) in [6, 6.07) is 0. The molecule has 0 fully saturated rings. The molecule has 0 saturated heterocycles. The van der Waals surface area contributed by atoms with Crippen LogP contribution >= 0.6 is 0 Å². The lowest BCUT2D eigenvalue weighted by atomic mass is 9.97. The van der Waals surface area contributed by atoms with Crippen LogP contribution in [0.3, 0.4) is 0 Å². The van der Waals surface area contributed by atoms with Gasteiger partial charge in [0.05, 0.1) is 6.61 Å². The van der Waals surface area contributed by atoms with E-state index in [1.54, 1.807) is 0 Å². The van der Waals surface area contributed by atoms with Gasteiger partial charge in [-0.3, -0.25) is 0 Å². The Morgan fingerprint density at radius 2 is 1.88 bits per heavy atom. The largest absolute Gasteiger partial charge is 0.380 e. The van der Waals surface area contributed by atoms with Gasteiger partial charge in [-0.05, 0) is 24.9 Å². The molecule has 0 aliphatic carbocycles. The van der Waals surface area contributed by atoms with Crippen molar-refractivity contribution >= 4 is 0 Å². The predicted octanol–water partition coefficient (Wildman–Crippen LogP) is 3.08. The van der Waals surface area contributed by atoms with Crippen LogP contribution < -0.4 is 5.32 Å². The van der Waals surface area contributed by atoms with Gasteiger partial charge in [-0.25, -0.2) is 0 Å².